The first-order valence-electron chi connectivity index (χ1n) is 5.48. The van der Waals surface area contributed by atoms with E-state index >= 15 is 0 Å². The summed E-state index contributed by atoms with van der Waals surface area (Å²) in [6.45, 7) is 2.60. The highest BCUT2D eigenvalue weighted by Crippen LogP contribution is 2.20. The number of nitrogens with one attached hydrogen (secondary N) is 1. The number of hydrogen-bond acceptors (Lipinski definition) is 3. The van der Waals surface area contributed by atoms with E-state index in [1.54, 1.807) is 6.33 Å². The third kappa shape index (κ3) is 1.36. The lowest BCUT2D eigenvalue weighted by Crippen LogP contribution is -2.27. The average Bonchev–Trinajstić information content (AvgIpc) is 2.82. The molecule has 5 heteroatoms. The third-order valence-electron chi connectivity index (χ3n) is 3.13. The number of imidazole rings is 1. The number of aromatic nitrogens is 2. The number of fused-ring (bicyclic) bond motifs is 1. The highest BCUT2D eigenvalue weighted by Gasteiger charge is 2.26. The number of hydrogen-bond donors (Lipinski definition) is 1. The number of carbonyl (C=O) groups excluding carboxylic acids is 1. The summed E-state index contributed by atoms with van der Waals surface area (Å²) in [7, 11) is 2.10. The molecule has 1 aromatic rings. The van der Waals surface area contributed by atoms with Gasteiger partial charge in [0.15, 0.2) is 5.69 Å². The molecule has 0 saturated carbocycles. The van der Waals surface area contributed by atoms with Gasteiger partial charge in [-0.3, -0.25) is 4.79 Å². The van der Waals surface area contributed by atoms with Crippen LogP contribution in [0.1, 0.15) is 22.6 Å². The Morgan fingerprint density at radius 3 is 3.19 bits per heavy atom. The zero-order valence-electron chi connectivity index (χ0n) is 9.23. The summed E-state index contributed by atoms with van der Waals surface area (Å²) < 4.78 is 2.04. The van der Waals surface area contributed by atoms with Gasteiger partial charge >= 0.3 is 0 Å². The smallest absolute Gasteiger partial charge is 0.272 e. The molecule has 0 radical (unpaired) electrons. The van der Waals surface area contributed by atoms with Crippen LogP contribution in [0.25, 0.3) is 5.70 Å². The normalized spacial score (nSPS) is 20.6. The number of likely N-dealkylation sites (N-methyl/N-ethyl adjacent to an activating group) is 1. The predicted octanol–water partition coefficient (Wildman–Crippen LogP) is 0.303. The van der Waals surface area contributed by atoms with Crippen molar-refractivity contribution in [3.8, 4) is 0 Å². The van der Waals surface area contributed by atoms with Gasteiger partial charge in [-0.05, 0) is 13.5 Å². The summed E-state index contributed by atoms with van der Waals surface area (Å²) in [6.07, 6.45) is 5.04. The minimum absolute atomic E-state index is 0.0569. The minimum Gasteiger partial charge on any atom is -0.345 e. The second-order valence-corrected chi connectivity index (χ2v) is 4.31. The Morgan fingerprint density at radius 1 is 1.50 bits per heavy atom. The molecule has 0 atom stereocenters. The van der Waals surface area contributed by atoms with Crippen LogP contribution in [0.5, 0.6) is 0 Å². The summed E-state index contributed by atoms with van der Waals surface area (Å²) in [5.41, 5.74) is 2.79. The lowest BCUT2D eigenvalue weighted by molar-refractivity contribution is 0.0961. The number of amides is 1. The monoisotopic (exact) mass is 218 g/mol. The van der Waals surface area contributed by atoms with Crippen molar-refractivity contribution in [2.24, 2.45) is 0 Å². The van der Waals surface area contributed by atoms with Gasteiger partial charge in [-0.25, -0.2) is 4.98 Å². The molecular formula is C11H14N4O. The zero-order chi connectivity index (χ0) is 11.1. The Hall–Kier alpha value is -1.62. The zero-order valence-corrected chi connectivity index (χ0v) is 9.23. The van der Waals surface area contributed by atoms with Crippen LogP contribution in [-0.2, 0) is 6.54 Å². The maximum atomic E-state index is 11.4. The Bertz CT molecular complexity index is 474. The largest absolute Gasteiger partial charge is 0.345 e. The highest BCUT2D eigenvalue weighted by molar-refractivity contribution is 5.96. The Balaban J connectivity index is 1.99. The lowest BCUT2D eigenvalue weighted by Gasteiger charge is -2.24. The Labute approximate surface area is 93.8 Å². The van der Waals surface area contributed by atoms with Crippen LogP contribution < -0.4 is 5.32 Å². The molecule has 0 aromatic carbocycles. The molecule has 0 bridgehead atoms. The van der Waals surface area contributed by atoms with Gasteiger partial charge in [0.05, 0.1) is 12.2 Å². The minimum atomic E-state index is -0.0569. The molecule has 2 aliphatic heterocycles. The van der Waals surface area contributed by atoms with Crippen LogP contribution in [0.4, 0.5) is 0 Å². The van der Waals surface area contributed by atoms with Crippen molar-refractivity contribution in [1.29, 1.82) is 0 Å². The molecule has 1 aromatic heterocycles. The van der Waals surface area contributed by atoms with Gasteiger partial charge in [-0.1, -0.05) is 6.08 Å². The molecule has 16 heavy (non-hydrogen) atoms. The molecule has 3 heterocycles. The van der Waals surface area contributed by atoms with E-state index in [-0.39, 0.29) is 5.91 Å². The van der Waals surface area contributed by atoms with Crippen molar-refractivity contribution in [1.82, 2.24) is 19.8 Å². The molecular weight excluding hydrogens is 204 g/mol. The first-order valence-corrected chi connectivity index (χ1v) is 5.48. The maximum absolute atomic E-state index is 11.4. The van der Waals surface area contributed by atoms with E-state index in [2.05, 4.69) is 28.3 Å². The quantitative estimate of drug-likeness (QED) is 0.737. The fourth-order valence-electron chi connectivity index (χ4n) is 2.27. The standard InChI is InChI=1S/C11H14N4O/c1-14-4-2-3-8(6-14)15-7-13-10-9(15)5-12-11(10)16/h3,7H,2,4-6H2,1H3,(H,12,16). The fourth-order valence-corrected chi connectivity index (χ4v) is 2.27. The predicted molar refractivity (Wildman–Crippen MR) is 59.8 cm³/mol. The van der Waals surface area contributed by atoms with Gasteiger partial charge in [0.2, 0.25) is 0 Å². The molecule has 1 N–H and O–H groups in total. The van der Waals surface area contributed by atoms with Crippen molar-refractivity contribution in [3.63, 3.8) is 0 Å². The second kappa shape index (κ2) is 3.45. The van der Waals surface area contributed by atoms with E-state index < -0.39 is 0 Å². The topological polar surface area (TPSA) is 50.2 Å². The Kier molecular flexibility index (Phi) is 2.07. The number of carbonyl (C=O) groups is 1. The number of rotatable bonds is 1. The van der Waals surface area contributed by atoms with Gasteiger partial charge in [0.25, 0.3) is 5.91 Å². The van der Waals surface area contributed by atoms with Crippen molar-refractivity contribution >= 4 is 11.6 Å². The van der Waals surface area contributed by atoms with E-state index in [0.29, 0.717) is 12.2 Å². The first-order chi connectivity index (χ1) is 7.75. The summed E-state index contributed by atoms with van der Waals surface area (Å²) >= 11 is 0. The molecule has 0 unspecified atom stereocenters. The van der Waals surface area contributed by atoms with Gasteiger partial charge in [0.1, 0.15) is 6.33 Å². The summed E-state index contributed by atoms with van der Waals surface area (Å²) in [4.78, 5) is 17.8. The van der Waals surface area contributed by atoms with Gasteiger partial charge in [-0.15, -0.1) is 0 Å². The van der Waals surface area contributed by atoms with Crippen molar-refractivity contribution in [3.05, 3.63) is 23.8 Å². The van der Waals surface area contributed by atoms with Gasteiger partial charge in [0, 0.05) is 18.8 Å². The maximum Gasteiger partial charge on any atom is 0.272 e. The molecule has 2 aliphatic rings. The molecule has 0 saturated heterocycles. The van der Waals surface area contributed by atoms with Crippen molar-refractivity contribution < 1.29 is 4.79 Å². The number of nitrogens with zero attached hydrogens (tertiary/aromatic N) is 3. The first kappa shape index (κ1) is 9.59. The molecule has 5 nitrogen and oxygen atoms in total. The second-order valence-electron chi connectivity index (χ2n) is 4.31. The van der Waals surface area contributed by atoms with Crippen molar-refractivity contribution in [2.75, 3.05) is 20.1 Å². The molecule has 1 amide bonds. The lowest BCUT2D eigenvalue weighted by atomic mass is 10.2. The van der Waals surface area contributed by atoms with E-state index in [4.69, 9.17) is 0 Å². The van der Waals surface area contributed by atoms with E-state index in [9.17, 15) is 4.79 Å². The fraction of sp³-hybridized carbons (Fsp3) is 0.455. The SMILES string of the molecule is CN1CCC=C(n2cnc3c2CNC3=O)C1. The summed E-state index contributed by atoms with van der Waals surface area (Å²) in [5, 5.41) is 2.79. The van der Waals surface area contributed by atoms with Gasteiger partial charge < -0.3 is 14.8 Å². The highest BCUT2D eigenvalue weighted by atomic mass is 16.2. The molecule has 0 spiro atoms. The van der Waals surface area contributed by atoms with Crippen molar-refractivity contribution in [2.45, 2.75) is 13.0 Å². The van der Waals surface area contributed by atoms with Crippen LogP contribution in [-0.4, -0.2) is 40.5 Å². The van der Waals surface area contributed by atoms with Crippen LogP contribution >= 0.6 is 0 Å². The molecule has 0 aliphatic carbocycles. The summed E-state index contributed by atoms with van der Waals surface area (Å²) in [6, 6.07) is 0. The average molecular weight is 218 g/mol. The molecule has 0 fully saturated rings. The van der Waals surface area contributed by atoms with Crippen LogP contribution in [0, 0.1) is 0 Å². The van der Waals surface area contributed by atoms with E-state index in [1.165, 1.54) is 5.70 Å². The van der Waals surface area contributed by atoms with Crippen LogP contribution in [0.2, 0.25) is 0 Å². The Morgan fingerprint density at radius 2 is 2.38 bits per heavy atom. The third-order valence-corrected chi connectivity index (χ3v) is 3.13. The molecule has 84 valence electrons. The van der Waals surface area contributed by atoms with E-state index in [0.717, 1.165) is 25.2 Å². The van der Waals surface area contributed by atoms with E-state index in [1.807, 2.05) is 4.57 Å². The van der Waals surface area contributed by atoms with Crippen LogP contribution in [0.3, 0.4) is 0 Å². The summed E-state index contributed by atoms with van der Waals surface area (Å²) in [5.74, 6) is -0.0569. The van der Waals surface area contributed by atoms with Crippen LogP contribution in [0.15, 0.2) is 12.4 Å². The molecule has 3 rings (SSSR count). The van der Waals surface area contributed by atoms with Gasteiger partial charge in [-0.2, -0.15) is 0 Å².